The Bertz CT molecular complexity index is 3450. The lowest BCUT2D eigenvalue weighted by molar-refractivity contribution is -0.154. The van der Waals surface area contributed by atoms with Crippen molar-refractivity contribution in [3.05, 3.63) is 143 Å². The Morgan fingerprint density at radius 3 is 1.67 bits per heavy atom. The quantitative estimate of drug-likeness (QED) is 0.0279. The normalized spacial score (nSPS) is 17.0. The van der Waals surface area contributed by atoms with Crippen LogP contribution in [-0.4, -0.2) is 162 Å². The molecule has 0 bridgehead atoms. The first-order chi connectivity index (χ1) is 41.5. The fraction of sp³-hybridized carbons (Fsp3) is 0.321. The average Bonchev–Trinajstić information content (AvgIpc) is 1.02. The van der Waals surface area contributed by atoms with Crippen LogP contribution in [0.3, 0.4) is 0 Å². The summed E-state index contributed by atoms with van der Waals surface area (Å²) in [5.41, 5.74) is 17.9. The van der Waals surface area contributed by atoms with Crippen LogP contribution >= 0.6 is 57.8 Å². The van der Waals surface area contributed by atoms with Gasteiger partial charge >= 0.3 is 23.9 Å². The SMILES string of the molecule is COC(=O)[C@H](N)Cc1cnc[nH]1.COC(=O)[C@H]1Cc2[nH]cnc2[C@@H](c2ccc3c(c2)OCO3)N1.COC(=O)[C@H]1Cc2[nH]cnc2[C@@H](c2ccc3c(c2)OCO3)N1C(=O)CCl.Cl.Cl.N[C@H](Cc1cnc[nH]1)C(=O)O.O=Cc1ccc2c(c1)OCO2.O=S(Cl)Cl. The van der Waals surface area contributed by atoms with Gasteiger partial charge in [0.1, 0.15) is 42.4 Å². The fourth-order valence-corrected chi connectivity index (χ4v) is 9.10. The molecule has 0 aliphatic carbocycles. The molecule has 5 aliphatic rings. The Hall–Kier alpha value is -8.20. The number of amides is 1. The van der Waals surface area contributed by atoms with Gasteiger partial charge in [-0.2, -0.15) is 0 Å². The number of ether oxygens (including phenoxy) is 9. The number of aromatic nitrogens is 8. The number of carboxylic acid groups (broad SMARTS) is 1. The largest absolute Gasteiger partial charge is 0.480 e. The minimum absolute atomic E-state index is 0. The molecule has 5 aliphatic heterocycles. The minimum Gasteiger partial charge on any atom is -0.480 e. The van der Waals surface area contributed by atoms with Crippen molar-refractivity contribution in [1.82, 2.24) is 50.1 Å². The van der Waals surface area contributed by atoms with Gasteiger partial charge in [0.25, 0.3) is 0 Å². The number of benzene rings is 3. The number of nitrogens with one attached hydrogen (secondary N) is 5. The van der Waals surface area contributed by atoms with Gasteiger partial charge in [-0.3, -0.25) is 29.3 Å². The van der Waals surface area contributed by atoms with Crippen LogP contribution in [0, 0.1) is 0 Å². The van der Waals surface area contributed by atoms with Gasteiger partial charge in [-0.15, -0.1) is 36.4 Å². The molecule has 29 nitrogen and oxygen atoms in total. The number of alkyl halides is 1. The Morgan fingerprint density at radius 2 is 1.17 bits per heavy atom. The predicted octanol–water partition coefficient (Wildman–Crippen LogP) is 4.24. The van der Waals surface area contributed by atoms with Gasteiger partial charge in [-0.25, -0.2) is 28.9 Å². The second kappa shape index (κ2) is 34.4. The number of carbonyl (C=O) groups is 6. The number of fused-ring (bicyclic) bond motifs is 5. The molecule has 9 heterocycles. The second-order valence-corrected chi connectivity index (χ2v) is 21.1. The number of aliphatic carboxylic acids is 1. The van der Waals surface area contributed by atoms with Gasteiger partial charge in [0.2, 0.25) is 35.5 Å². The lowest BCUT2D eigenvalue weighted by Gasteiger charge is -2.39. The first kappa shape index (κ1) is 70.6. The van der Waals surface area contributed by atoms with Gasteiger partial charge in [0, 0.05) is 87.8 Å². The zero-order chi connectivity index (χ0) is 61.9. The molecule has 4 aromatic heterocycles. The Kier molecular flexibility index (Phi) is 27.6. The van der Waals surface area contributed by atoms with Crippen LogP contribution in [0.2, 0.25) is 0 Å². The molecule has 6 atom stereocenters. The van der Waals surface area contributed by atoms with E-state index in [1.54, 1.807) is 61.7 Å². The number of nitrogens with zero attached hydrogens (tertiary/aromatic N) is 5. The molecule has 0 saturated carbocycles. The minimum atomic E-state index is -1.67. The van der Waals surface area contributed by atoms with E-state index in [1.807, 2.05) is 24.3 Å². The zero-order valence-corrected chi connectivity index (χ0v) is 51.3. The van der Waals surface area contributed by atoms with Crippen LogP contribution in [-0.2, 0) is 73.1 Å². The number of carbonyl (C=O) groups excluding carboxylic acids is 5. The van der Waals surface area contributed by atoms with E-state index in [2.05, 4.69) is 71.3 Å². The van der Waals surface area contributed by atoms with E-state index in [4.69, 9.17) is 70.3 Å². The summed E-state index contributed by atoms with van der Waals surface area (Å²) >= 11 is 5.83. The van der Waals surface area contributed by atoms with Crippen LogP contribution < -0.4 is 45.2 Å². The van der Waals surface area contributed by atoms with Crippen LogP contribution in [0.25, 0.3) is 0 Å². The Labute approximate surface area is 529 Å². The molecule has 0 spiro atoms. The maximum absolute atomic E-state index is 12.6. The molecule has 3 aromatic carbocycles. The monoisotopic (exact) mass is 1340 g/mol. The molecule has 35 heteroatoms. The topological polar surface area (TPSA) is 405 Å². The number of hydrogen-bond donors (Lipinski definition) is 8. The molecule has 7 aromatic rings. The number of halogens is 5. The lowest BCUT2D eigenvalue weighted by Crippen LogP contribution is -2.52. The summed E-state index contributed by atoms with van der Waals surface area (Å²) in [6.45, 7) is 0.624. The number of aldehydes is 1. The number of nitrogens with two attached hydrogens (primary N) is 2. The highest BCUT2D eigenvalue weighted by atomic mass is 36.0. The van der Waals surface area contributed by atoms with E-state index >= 15 is 0 Å². The van der Waals surface area contributed by atoms with Gasteiger partial charge in [-0.1, -0.05) is 12.1 Å². The maximum atomic E-state index is 12.6. The molecular formula is C53H59Cl5N12O17S. The summed E-state index contributed by atoms with van der Waals surface area (Å²) in [6, 6.07) is 12.7. The molecule has 0 unspecified atom stereocenters. The van der Waals surface area contributed by atoms with Crippen molar-refractivity contribution in [3.8, 4) is 34.5 Å². The fourth-order valence-electron chi connectivity index (χ4n) is 8.96. The van der Waals surface area contributed by atoms with Crippen molar-refractivity contribution in [1.29, 1.82) is 0 Å². The van der Waals surface area contributed by atoms with Crippen molar-refractivity contribution in [3.63, 3.8) is 0 Å². The molecule has 474 valence electrons. The van der Waals surface area contributed by atoms with E-state index in [9.17, 15) is 28.8 Å². The van der Waals surface area contributed by atoms with Crippen LogP contribution in [0.1, 0.15) is 67.7 Å². The van der Waals surface area contributed by atoms with Gasteiger partial charge < -0.3 is 84.0 Å². The number of methoxy groups -OCH3 is 3. The third kappa shape index (κ3) is 18.7. The van der Waals surface area contributed by atoms with Crippen LogP contribution in [0.15, 0.2) is 92.3 Å². The highest BCUT2D eigenvalue weighted by Crippen LogP contribution is 2.42. The molecule has 0 radical (unpaired) electrons. The van der Waals surface area contributed by atoms with E-state index < -0.39 is 57.3 Å². The third-order valence-electron chi connectivity index (χ3n) is 13.0. The van der Waals surface area contributed by atoms with E-state index in [1.165, 1.54) is 32.6 Å². The van der Waals surface area contributed by atoms with E-state index in [0.29, 0.717) is 52.8 Å². The van der Waals surface area contributed by atoms with Crippen molar-refractivity contribution in [2.24, 2.45) is 11.5 Å². The van der Waals surface area contributed by atoms with Crippen molar-refractivity contribution in [2.75, 3.05) is 47.6 Å². The highest BCUT2D eigenvalue weighted by Gasteiger charge is 2.44. The average molecular weight is 1350 g/mol. The van der Waals surface area contributed by atoms with Gasteiger partial charge in [-0.05, 0) is 53.6 Å². The maximum Gasteiger partial charge on any atom is 0.329 e. The smallest absolute Gasteiger partial charge is 0.329 e. The highest BCUT2D eigenvalue weighted by molar-refractivity contribution is 8.26. The van der Waals surface area contributed by atoms with Crippen molar-refractivity contribution < 1.29 is 80.7 Å². The van der Waals surface area contributed by atoms with Crippen molar-refractivity contribution in [2.45, 2.75) is 61.9 Å². The molecule has 10 N–H and O–H groups in total. The number of H-pyrrole nitrogens is 4. The first-order valence-corrected chi connectivity index (χ1v) is 28.8. The second-order valence-electron chi connectivity index (χ2n) is 18.3. The summed E-state index contributed by atoms with van der Waals surface area (Å²) in [5, 5.41) is 11.7. The van der Waals surface area contributed by atoms with Gasteiger partial charge in [0.05, 0.1) is 64.1 Å². The molecule has 12 rings (SSSR count). The molecule has 1 amide bonds. The van der Waals surface area contributed by atoms with E-state index in [0.717, 1.165) is 51.6 Å². The molecular weight excluding hydrogens is 1290 g/mol. The Morgan fingerprint density at radius 1 is 0.682 bits per heavy atom. The summed E-state index contributed by atoms with van der Waals surface area (Å²) in [7, 11) is 11.4. The summed E-state index contributed by atoms with van der Waals surface area (Å²) in [4.78, 5) is 97.8. The predicted molar refractivity (Wildman–Crippen MR) is 318 cm³/mol. The summed E-state index contributed by atoms with van der Waals surface area (Å²) in [5.74, 6) is 1.16. The number of aromatic amines is 4. The van der Waals surface area contributed by atoms with Crippen LogP contribution in [0.4, 0.5) is 0 Å². The zero-order valence-electron chi connectivity index (χ0n) is 46.6. The van der Waals surface area contributed by atoms with Crippen molar-refractivity contribution >= 4 is 103 Å². The first-order valence-electron chi connectivity index (χ1n) is 25.4. The number of imidazole rings is 4. The number of rotatable bonds is 12. The standard InChI is InChI=1S/C17H16ClN3O5.C15H15N3O4.C8H6O3.C7H11N3O2.C6H9N3O2.Cl2OS.2ClH/c1-24-17(23)11-5-10-15(20-7-19-10)16(21(11)14(22)6-18)9-2-3-12-13(4-9)26-8-25-12;1-20-15(19)10-5-9-14(17-6-16-9)13(18-10)8-2-3-11-12(4-8)22-7-21-11;9-4-6-1-2-7-8(3-6)11-5-10-7;1-12-7(11)6(8)2-5-3-9-4-10-5;7-5(6(10)11)1-4-2-8-3-9-4;1-4(2)3;;/h2-4,7,11,16H,5-6,8H2,1H3,(H,19,20);2-4,6,10,13,18H,5,7H2,1H3,(H,16,17);1-4H,5H2;3-4,6H,2,8H2,1H3,(H,9,10);2-3,5H,1,7H2,(H,8,9)(H,10,11);;2*1H/t11-,16-;10-,13-;;6-;5-;;;/m11.11.../s1. The molecule has 0 saturated heterocycles. The molecule has 88 heavy (non-hydrogen) atoms. The van der Waals surface area contributed by atoms with Gasteiger partial charge in [0.15, 0.2) is 34.5 Å². The van der Waals surface area contributed by atoms with Crippen LogP contribution in [0.5, 0.6) is 34.5 Å². The number of carboxylic acids is 1. The molecule has 0 fully saturated rings. The third-order valence-corrected chi connectivity index (χ3v) is 13.2. The number of esters is 3. The number of hydrogen-bond acceptors (Lipinski definition) is 23. The summed E-state index contributed by atoms with van der Waals surface area (Å²) < 4.78 is 55.0. The lowest BCUT2D eigenvalue weighted by atomic mass is 9.91. The van der Waals surface area contributed by atoms with E-state index in [-0.39, 0.29) is 81.8 Å². The summed E-state index contributed by atoms with van der Waals surface area (Å²) in [6.07, 6.45) is 11.7. The Balaban J connectivity index is 0.000000205.